The van der Waals surface area contributed by atoms with Crippen molar-refractivity contribution < 1.29 is 105 Å². The summed E-state index contributed by atoms with van der Waals surface area (Å²) in [6.45, 7) is 0. The van der Waals surface area contributed by atoms with Gasteiger partial charge in [0.05, 0.1) is 44.5 Å². The quantitative estimate of drug-likeness (QED) is 0.179. The summed E-state index contributed by atoms with van der Waals surface area (Å²) in [7, 11) is 0. The van der Waals surface area contributed by atoms with Gasteiger partial charge in [-0.2, -0.15) is 105 Å². The van der Waals surface area contributed by atoms with Crippen LogP contribution in [0.1, 0.15) is 72.7 Å². The van der Waals surface area contributed by atoms with Crippen LogP contribution >= 0.6 is 0 Å². The number of halogens is 24. The highest BCUT2D eigenvalue weighted by Gasteiger charge is 2.47. The van der Waals surface area contributed by atoms with E-state index in [4.69, 9.17) is 0 Å². The fourth-order valence-corrected chi connectivity index (χ4v) is 8.85. The molecule has 0 spiro atoms. The highest BCUT2D eigenvalue weighted by Crippen LogP contribution is 2.59. The minimum atomic E-state index is -5.59. The minimum absolute atomic E-state index is 0.114. The van der Waals surface area contributed by atoms with Crippen molar-refractivity contribution >= 4 is 16.7 Å². The fourth-order valence-electron chi connectivity index (χ4n) is 8.85. The molecular weight excluding hydrogens is 1030 g/mol. The Balaban J connectivity index is 1.53. The van der Waals surface area contributed by atoms with Crippen molar-refractivity contribution in [2.75, 3.05) is 0 Å². The van der Waals surface area contributed by atoms with Crippen LogP contribution in [0, 0.1) is 5.92 Å². The van der Waals surface area contributed by atoms with E-state index < -0.39 is 173 Å². The lowest BCUT2D eigenvalue weighted by atomic mass is 9.60. The van der Waals surface area contributed by atoms with Crippen molar-refractivity contribution in [2.45, 2.75) is 55.3 Å². The molecule has 0 aliphatic heterocycles. The lowest BCUT2D eigenvalue weighted by molar-refractivity contribution is -0.144. The van der Waals surface area contributed by atoms with Gasteiger partial charge in [-0.05, 0) is 146 Å². The molecule has 0 amide bonds. The van der Waals surface area contributed by atoms with Crippen molar-refractivity contribution in [2.24, 2.45) is 5.92 Å². The molecule has 24 heteroatoms. The second-order valence-corrected chi connectivity index (χ2v) is 16.5. The Hall–Kier alpha value is -6.62. The molecule has 4 aliphatic rings. The van der Waals surface area contributed by atoms with E-state index >= 15 is 0 Å². The van der Waals surface area contributed by atoms with Crippen molar-refractivity contribution in [1.82, 2.24) is 0 Å². The minimum Gasteiger partial charge on any atom is -0.166 e. The third-order valence-corrected chi connectivity index (χ3v) is 11.9. The van der Waals surface area contributed by atoms with Gasteiger partial charge < -0.3 is 0 Å². The van der Waals surface area contributed by atoms with Crippen LogP contribution < -0.4 is 0 Å². The van der Waals surface area contributed by atoms with Gasteiger partial charge in [0.25, 0.3) is 0 Å². The number of benzene rings is 4. The number of alkyl halides is 24. The number of rotatable bonds is 4. The molecular formula is C48H20F24. The summed E-state index contributed by atoms with van der Waals surface area (Å²) in [5.41, 5.74) is -25.2. The van der Waals surface area contributed by atoms with Crippen LogP contribution in [0.4, 0.5) is 105 Å². The van der Waals surface area contributed by atoms with E-state index in [2.05, 4.69) is 0 Å². The van der Waals surface area contributed by atoms with E-state index in [9.17, 15) is 105 Å². The predicted molar refractivity (Wildman–Crippen MR) is 207 cm³/mol. The molecule has 8 rings (SSSR count). The molecule has 0 radical (unpaired) electrons. The summed E-state index contributed by atoms with van der Waals surface area (Å²) < 4.78 is 344. The zero-order valence-corrected chi connectivity index (χ0v) is 34.6. The van der Waals surface area contributed by atoms with Crippen LogP contribution in [0.15, 0.2) is 137 Å². The van der Waals surface area contributed by atoms with E-state index in [-0.39, 0.29) is 72.8 Å². The monoisotopic (exact) mass is 1050 g/mol. The van der Waals surface area contributed by atoms with Crippen LogP contribution in [0.2, 0.25) is 0 Å². The fraction of sp³-hybridized carbons (Fsp3) is 0.208. The van der Waals surface area contributed by atoms with Crippen molar-refractivity contribution in [3.05, 3.63) is 204 Å². The normalized spacial score (nSPS) is 19.0. The average molecular weight is 1050 g/mol. The Labute approximate surface area is 386 Å². The smallest absolute Gasteiger partial charge is 0.166 e. The average Bonchev–Trinajstić information content (AvgIpc) is 3.24. The number of allylic oxidation sites excluding steroid dienone is 14. The molecule has 380 valence electrons. The summed E-state index contributed by atoms with van der Waals surface area (Å²) in [4.78, 5) is 0. The number of hydrogen-bond donors (Lipinski definition) is 0. The van der Waals surface area contributed by atoms with Gasteiger partial charge in [-0.15, -0.1) is 0 Å². The summed E-state index contributed by atoms with van der Waals surface area (Å²) in [5, 5.41) is 0. The lowest BCUT2D eigenvalue weighted by Gasteiger charge is -2.43. The summed E-state index contributed by atoms with van der Waals surface area (Å²) in [6, 6.07) is -0.381. The van der Waals surface area contributed by atoms with E-state index in [1.807, 2.05) is 0 Å². The van der Waals surface area contributed by atoms with Crippen molar-refractivity contribution in [3.63, 3.8) is 0 Å². The molecule has 0 bridgehead atoms. The van der Waals surface area contributed by atoms with Crippen molar-refractivity contribution in [1.29, 1.82) is 0 Å². The van der Waals surface area contributed by atoms with Gasteiger partial charge in [-0.3, -0.25) is 0 Å². The predicted octanol–water partition coefficient (Wildman–Crippen LogP) is 17.9. The van der Waals surface area contributed by atoms with Crippen LogP contribution in [0.5, 0.6) is 0 Å². The Kier molecular flexibility index (Phi) is 11.8. The SMILES string of the molecule is FC(F)(F)c1cc(C2=CC(c3cc(C(F)(F)F)cc(C(F)(F)F)c3)=C3C=CC4=C5C(=CC=C2C35)C(c2cc(C(F)(F)F)cc(C(F)(F)F)c2)C=C4c2cc(C(F)(F)F)cc(C(F)(F)F)c2)cc(C(F)(F)F)c1. The molecule has 4 aliphatic carbocycles. The van der Waals surface area contributed by atoms with Gasteiger partial charge in [-0.25, -0.2) is 0 Å². The first-order valence-electron chi connectivity index (χ1n) is 19.9. The van der Waals surface area contributed by atoms with Crippen LogP contribution in [0.3, 0.4) is 0 Å². The van der Waals surface area contributed by atoms with Crippen LogP contribution in [-0.2, 0) is 49.4 Å². The molecule has 4 aromatic rings. The van der Waals surface area contributed by atoms with Gasteiger partial charge in [0.1, 0.15) is 0 Å². The lowest BCUT2D eigenvalue weighted by Crippen LogP contribution is -2.27. The maximum atomic E-state index is 14.3. The third-order valence-electron chi connectivity index (χ3n) is 11.9. The van der Waals surface area contributed by atoms with Crippen molar-refractivity contribution in [3.8, 4) is 0 Å². The first-order valence-corrected chi connectivity index (χ1v) is 19.9. The van der Waals surface area contributed by atoms with Gasteiger partial charge in [0.2, 0.25) is 0 Å². The molecule has 0 aromatic heterocycles. The highest BCUT2D eigenvalue weighted by atomic mass is 19.4. The van der Waals surface area contributed by atoms with E-state index in [1.165, 1.54) is 0 Å². The van der Waals surface area contributed by atoms with E-state index in [0.29, 0.717) is 12.2 Å². The molecule has 0 nitrogen and oxygen atoms in total. The maximum Gasteiger partial charge on any atom is 0.416 e. The molecule has 0 N–H and O–H groups in total. The third kappa shape index (κ3) is 9.71. The zero-order chi connectivity index (χ0) is 53.4. The molecule has 4 aromatic carbocycles. The molecule has 2 unspecified atom stereocenters. The number of hydrogen-bond acceptors (Lipinski definition) is 0. The second kappa shape index (κ2) is 16.5. The first-order chi connectivity index (χ1) is 32.7. The molecule has 0 fully saturated rings. The summed E-state index contributed by atoms with van der Waals surface area (Å²) >= 11 is 0. The zero-order valence-electron chi connectivity index (χ0n) is 34.6. The second-order valence-electron chi connectivity index (χ2n) is 16.5. The van der Waals surface area contributed by atoms with E-state index in [1.54, 1.807) is 0 Å². The molecule has 0 saturated heterocycles. The Morgan fingerprint density at radius 3 is 0.986 bits per heavy atom. The Morgan fingerprint density at radius 2 is 0.625 bits per heavy atom. The maximum absolute atomic E-state index is 14.3. The topological polar surface area (TPSA) is 0 Å². The standard InChI is InChI=1S/C48H20F24/c49-41(50,51)23-5-19(6-24(13-23)42(52,53)54)35-17-37(21-9-27(45(61,62)63)15-28(10-21)46(64,65)66)33-3-4-34-38(22-11-29(47(67,68)69)16-30(12-22)48(70,71)72)18-36(32-2-1-31(35)39(33)40(32)34)20-7-25(43(55,56)57)14-26(8-20)44(58,59)60/h1-18,35,40H. The van der Waals surface area contributed by atoms with Crippen LogP contribution in [-0.4, -0.2) is 0 Å². The Bertz CT molecular complexity index is 3020. The summed E-state index contributed by atoms with van der Waals surface area (Å²) in [5.74, 6) is -4.08. The molecule has 72 heavy (non-hydrogen) atoms. The van der Waals surface area contributed by atoms with Gasteiger partial charge in [0.15, 0.2) is 0 Å². The van der Waals surface area contributed by atoms with Crippen LogP contribution in [0.25, 0.3) is 16.7 Å². The summed E-state index contributed by atoms with van der Waals surface area (Å²) in [6.07, 6.45) is -39.9. The largest absolute Gasteiger partial charge is 0.416 e. The molecule has 0 saturated carbocycles. The van der Waals surface area contributed by atoms with Gasteiger partial charge in [-0.1, -0.05) is 30.4 Å². The van der Waals surface area contributed by atoms with Gasteiger partial charge in [0, 0.05) is 11.8 Å². The highest BCUT2D eigenvalue weighted by molar-refractivity contribution is 6.01. The van der Waals surface area contributed by atoms with E-state index in [0.717, 1.165) is 24.3 Å². The molecule has 2 atom stereocenters. The van der Waals surface area contributed by atoms with Gasteiger partial charge >= 0.3 is 49.4 Å². The first kappa shape index (κ1) is 51.7. The molecule has 0 heterocycles. The Morgan fingerprint density at radius 1 is 0.306 bits per heavy atom.